The first kappa shape index (κ1) is 19.3. The van der Waals surface area contributed by atoms with E-state index in [2.05, 4.69) is 9.72 Å². The van der Waals surface area contributed by atoms with Gasteiger partial charge in [0, 0.05) is 18.8 Å². The largest absolute Gasteiger partial charge is 0.467 e. The molecular weight excluding hydrogens is 369 g/mol. The first-order valence-electron chi connectivity index (χ1n) is 9.01. The second-order valence-corrected chi connectivity index (χ2v) is 7.43. The summed E-state index contributed by atoms with van der Waals surface area (Å²) < 4.78 is 41.3. The van der Waals surface area contributed by atoms with Crippen molar-refractivity contribution < 1.29 is 22.7 Å². The van der Waals surface area contributed by atoms with Crippen LogP contribution in [0.5, 0.6) is 5.88 Å². The fourth-order valence-corrected chi connectivity index (χ4v) is 4.24. The molecule has 0 bridgehead atoms. The summed E-state index contributed by atoms with van der Waals surface area (Å²) in [6.07, 6.45) is 4.73. The number of likely N-dealkylation sites (tertiary alicyclic amines) is 1. The summed E-state index contributed by atoms with van der Waals surface area (Å²) in [5, 5.41) is -0.0893. The number of amides is 1. The minimum Gasteiger partial charge on any atom is -0.467 e. The molecule has 1 aromatic heterocycles. The Morgan fingerprint density at radius 3 is 2.62 bits per heavy atom. The molecule has 1 aromatic rings. The van der Waals surface area contributed by atoms with Crippen molar-refractivity contribution in [1.82, 2.24) is 9.88 Å². The number of rotatable bonds is 4. The van der Waals surface area contributed by atoms with E-state index in [0.717, 1.165) is 25.7 Å². The average Bonchev–Trinajstić information content (AvgIpc) is 3.09. The van der Waals surface area contributed by atoms with Crippen LogP contribution in [0.1, 0.15) is 55.3 Å². The molecule has 1 aliphatic heterocycles. The van der Waals surface area contributed by atoms with Gasteiger partial charge in [0.1, 0.15) is 5.02 Å². The fraction of sp³-hybridized carbons (Fsp3) is 0.667. The van der Waals surface area contributed by atoms with Crippen molar-refractivity contribution in [1.29, 1.82) is 0 Å². The second kappa shape index (κ2) is 8.03. The number of hydrogen-bond acceptors (Lipinski definition) is 3. The molecule has 1 atom stereocenters. The van der Waals surface area contributed by atoms with Gasteiger partial charge in [-0.2, -0.15) is 13.2 Å². The lowest BCUT2D eigenvalue weighted by Crippen LogP contribution is -2.40. The zero-order chi connectivity index (χ0) is 18.7. The molecule has 144 valence electrons. The maximum Gasteiger partial charge on any atom is 0.422 e. The number of aromatic nitrogens is 1. The summed E-state index contributed by atoms with van der Waals surface area (Å²) in [4.78, 5) is 18.6. The Hall–Kier alpha value is -1.50. The van der Waals surface area contributed by atoms with E-state index in [4.69, 9.17) is 11.6 Å². The summed E-state index contributed by atoms with van der Waals surface area (Å²) in [7, 11) is 0. The molecule has 3 rings (SSSR count). The highest BCUT2D eigenvalue weighted by Crippen LogP contribution is 2.35. The number of pyridine rings is 1. The molecule has 1 amide bonds. The van der Waals surface area contributed by atoms with Crippen molar-refractivity contribution in [3.05, 3.63) is 22.8 Å². The van der Waals surface area contributed by atoms with E-state index < -0.39 is 12.8 Å². The third-order valence-corrected chi connectivity index (χ3v) is 5.45. The molecule has 0 unspecified atom stereocenters. The van der Waals surface area contributed by atoms with Crippen LogP contribution >= 0.6 is 11.6 Å². The van der Waals surface area contributed by atoms with Crippen LogP contribution < -0.4 is 4.74 Å². The SMILES string of the molecule is O=C(c1cnc(OCC(F)(F)F)c(Cl)c1)N1CCC[C@@H]1C1CCCCC1. The second-order valence-electron chi connectivity index (χ2n) is 7.02. The Morgan fingerprint density at radius 1 is 1.23 bits per heavy atom. The zero-order valence-corrected chi connectivity index (χ0v) is 15.2. The molecule has 2 aliphatic rings. The van der Waals surface area contributed by atoms with Crippen LogP contribution in [0.2, 0.25) is 5.02 Å². The van der Waals surface area contributed by atoms with Crippen LogP contribution in [0.4, 0.5) is 13.2 Å². The van der Waals surface area contributed by atoms with Gasteiger partial charge >= 0.3 is 6.18 Å². The van der Waals surface area contributed by atoms with E-state index >= 15 is 0 Å². The Kier molecular flexibility index (Phi) is 5.95. The summed E-state index contributed by atoms with van der Waals surface area (Å²) in [6.45, 7) is -0.771. The number of carbonyl (C=O) groups excluding carboxylic acids is 1. The third kappa shape index (κ3) is 4.61. The molecule has 1 saturated heterocycles. The van der Waals surface area contributed by atoms with Crippen LogP contribution in [0.15, 0.2) is 12.3 Å². The minimum atomic E-state index is -4.47. The smallest absolute Gasteiger partial charge is 0.422 e. The maximum absolute atomic E-state index is 12.9. The molecule has 0 aromatic carbocycles. The van der Waals surface area contributed by atoms with Crippen molar-refractivity contribution in [3.8, 4) is 5.88 Å². The van der Waals surface area contributed by atoms with Crippen molar-refractivity contribution in [3.63, 3.8) is 0 Å². The lowest BCUT2D eigenvalue weighted by molar-refractivity contribution is -0.154. The van der Waals surface area contributed by atoms with Crippen LogP contribution in [0, 0.1) is 5.92 Å². The quantitative estimate of drug-likeness (QED) is 0.737. The van der Waals surface area contributed by atoms with Gasteiger partial charge in [0.05, 0.1) is 5.56 Å². The lowest BCUT2D eigenvalue weighted by atomic mass is 9.83. The molecule has 4 nitrogen and oxygen atoms in total. The van der Waals surface area contributed by atoms with Crippen LogP contribution in [0.3, 0.4) is 0 Å². The molecule has 8 heteroatoms. The third-order valence-electron chi connectivity index (χ3n) is 5.18. The van der Waals surface area contributed by atoms with Gasteiger partial charge in [-0.3, -0.25) is 4.79 Å². The predicted octanol–water partition coefficient (Wildman–Crippen LogP) is 4.86. The predicted molar refractivity (Wildman–Crippen MR) is 91.4 cm³/mol. The Morgan fingerprint density at radius 2 is 1.96 bits per heavy atom. The van der Waals surface area contributed by atoms with Gasteiger partial charge in [-0.1, -0.05) is 30.9 Å². The number of halogens is 4. The van der Waals surface area contributed by atoms with Crippen molar-refractivity contribution in [2.75, 3.05) is 13.2 Å². The normalized spacial score (nSPS) is 21.8. The molecule has 1 saturated carbocycles. The summed E-state index contributed by atoms with van der Waals surface area (Å²) in [5.41, 5.74) is 0.289. The first-order chi connectivity index (χ1) is 12.3. The van der Waals surface area contributed by atoms with E-state index in [0.29, 0.717) is 12.5 Å². The topological polar surface area (TPSA) is 42.4 Å². The number of alkyl halides is 3. The molecule has 26 heavy (non-hydrogen) atoms. The fourth-order valence-electron chi connectivity index (χ4n) is 4.02. The van der Waals surface area contributed by atoms with Crippen LogP contribution in [-0.2, 0) is 0 Å². The number of ether oxygens (including phenoxy) is 1. The first-order valence-corrected chi connectivity index (χ1v) is 9.39. The summed E-state index contributed by atoms with van der Waals surface area (Å²) >= 11 is 5.97. The molecule has 0 spiro atoms. The zero-order valence-electron chi connectivity index (χ0n) is 14.4. The van der Waals surface area contributed by atoms with Crippen LogP contribution in [0.25, 0.3) is 0 Å². The minimum absolute atomic E-state index is 0.0893. The van der Waals surface area contributed by atoms with Crippen molar-refractivity contribution >= 4 is 17.5 Å². The number of carbonyl (C=O) groups is 1. The van der Waals surface area contributed by atoms with E-state index in [9.17, 15) is 18.0 Å². The van der Waals surface area contributed by atoms with Gasteiger partial charge in [-0.25, -0.2) is 4.98 Å². The maximum atomic E-state index is 12.9. The molecule has 1 aliphatic carbocycles. The summed E-state index contributed by atoms with van der Waals surface area (Å²) in [6, 6.07) is 1.58. The van der Waals surface area contributed by atoms with Crippen LogP contribution in [-0.4, -0.2) is 41.2 Å². The molecule has 0 radical (unpaired) electrons. The van der Waals surface area contributed by atoms with Gasteiger partial charge in [0.2, 0.25) is 5.88 Å². The Bertz CT molecular complexity index is 648. The highest BCUT2D eigenvalue weighted by molar-refractivity contribution is 6.32. The Balaban J connectivity index is 1.69. The lowest BCUT2D eigenvalue weighted by Gasteiger charge is -2.34. The Labute approximate surface area is 155 Å². The van der Waals surface area contributed by atoms with E-state index in [1.165, 1.54) is 31.5 Å². The summed E-state index contributed by atoms with van der Waals surface area (Å²) in [5.74, 6) is 0.0636. The van der Waals surface area contributed by atoms with E-state index in [1.54, 1.807) is 0 Å². The van der Waals surface area contributed by atoms with Gasteiger partial charge in [-0.05, 0) is 37.7 Å². The molecule has 2 fully saturated rings. The monoisotopic (exact) mass is 390 g/mol. The molecule has 2 heterocycles. The van der Waals surface area contributed by atoms with Crippen molar-refractivity contribution in [2.45, 2.75) is 57.2 Å². The molecular formula is C18H22ClF3N2O2. The standard InChI is InChI=1S/C18H22ClF3N2O2/c19-14-9-13(10-23-16(14)26-11-18(20,21)22)17(25)24-8-4-7-15(24)12-5-2-1-3-6-12/h9-10,12,15H,1-8,11H2/t15-/m1/s1. The van der Waals surface area contributed by atoms with E-state index in [1.807, 2.05) is 4.90 Å². The van der Waals surface area contributed by atoms with Gasteiger partial charge in [-0.15, -0.1) is 0 Å². The highest BCUT2D eigenvalue weighted by Gasteiger charge is 2.36. The van der Waals surface area contributed by atoms with E-state index in [-0.39, 0.29) is 28.4 Å². The van der Waals surface area contributed by atoms with Crippen molar-refractivity contribution in [2.24, 2.45) is 5.92 Å². The van der Waals surface area contributed by atoms with Gasteiger partial charge in [0.25, 0.3) is 5.91 Å². The van der Waals surface area contributed by atoms with Gasteiger partial charge < -0.3 is 9.64 Å². The highest BCUT2D eigenvalue weighted by atomic mass is 35.5. The van der Waals surface area contributed by atoms with Gasteiger partial charge in [0.15, 0.2) is 6.61 Å². The number of nitrogens with zero attached hydrogens (tertiary/aromatic N) is 2. The number of hydrogen-bond donors (Lipinski definition) is 0. The molecule has 0 N–H and O–H groups in total. The average molecular weight is 391 g/mol.